The summed E-state index contributed by atoms with van der Waals surface area (Å²) in [5.41, 5.74) is 1.86. The van der Waals surface area contributed by atoms with E-state index < -0.39 is 0 Å². The molecule has 6 nitrogen and oxygen atoms in total. The first-order valence-electron chi connectivity index (χ1n) is 11.3. The van der Waals surface area contributed by atoms with E-state index in [1.807, 2.05) is 34.1 Å². The SMILES string of the molecule is CCCN(CCC)C(=O)CCCC(=O)N1CCN(Cc2ccc(C#N)cc2)C[C@@H]1C. The number of nitrogens with zero attached hydrogens (tertiary/aromatic N) is 4. The van der Waals surface area contributed by atoms with Gasteiger partial charge in [-0.2, -0.15) is 5.26 Å². The second-order valence-corrected chi connectivity index (χ2v) is 8.21. The van der Waals surface area contributed by atoms with Gasteiger partial charge in [-0.15, -0.1) is 0 Å². The quantitative estimate of drug-likeness (QED) is 0.591. The zero-order chi connectivity index (χ0) is 21.9. The molecule has 1 atom stereocenters. The predicted octanol–water partition coefficient (Wildman–Crippen LogP) is 3.41. The van der Waals surface area contributed by atoms with Gasteiger partial charge in [-0.1, -0.05) is 26.0 Å². The lowest BCUT2D eigenvalue weighted by atomic mass is 10.1. The standard InChI is InChI=1S/C24H36N4O2/c1-4-13-27(14-5-2)23(29)7-6-8-24(30)28-16-15-26(18-20(28)3)19-22-11-9-21(17-25)10-12-22/h9-12,20H,4-8,13-16,18-19H2,1-3H3/t20-/m0/s1. The number of amides is 2. The first kappa shape index (κ1) is 23.9. The van der Waals surface area contributed by atoms with Crippen LogP contribution in [0, 0.1) is 11.3 Å². The molecule has 0 aromatic heterocycles. The summed E-state index contributed by atoms with van der Waals surface area (Å²) < 4.78 is 0. The van der Waals surface area contributed by atoms with Crippen molar-refractivity contribution in [3.05, 3.63) is 35.4 Å². The molecule has 1 aliphatic rings. The molecular weight excluding hydrogens is 376 g/mol. The third-order valence-electron chi connectivity index (χ3n) is 5.64. The Bertz CT molecular complexity index is 720. The van der Waals surface area contributed by atoms with Crippen LogP contribution in [0.1, 0.15) is 64.0 Å². The second-order valence-electron chi connectivity index (χ2n) is 8.21. The number of rotatable bonds is 10. The molecule has 0 radical (unpaired) electrons. The zero-order valence-corrected chi connectivity index (χ0v) is 18.8. The molecular formula is C24H36N4O2. The Morgan fingerprint density at radius 3 is 2.33 bits per heavy atom. The van der Waals surface area contributed by atoms with E-state index in [2.05, 4.69) is 31.7 Å². The van der Waals surface area contributed by atoms with Crippen LogP contribution >= 0.6 is 0 Å². The minimum Gasteiger partial charge on any atom is -0.343 e. The average Bonchev–Trinajstić information content (AvgIpc) is 2.74. The van der Waals surface area contributed by atoms with Gasteiger partial charge in [-0.3, -0.25) is 14.5 Å². The lowest BCUT2D eigenvalue weighted by Crippen LogP contribution is -2.53. The van der Waals surface area contributed by atoms with E-state index in [4.69, 9.17) is 5.26 Å². The molecule has 0 saturated carbocycles. The summed E-state index contributed by atoms with van der Waals surface area (Å²) in [6.07, 6.45) is 3.46. The van der Waals surface area contributed by atoms with Crippen molar-refractivity contribution in [3.8, 4) is 6.07 Å². The van der Waals surface area contributed by atoms with E-state index in [1.54, 1.807) is 0 Å². The molecule has 2 rings (SSSR count). The largest absolute Gasteiger partial charge is 0.343 e. The fourth-order valence-corrected chi connectivity index (χ4v) is 4.08. The zero-order valence-electron chi connectivity index (χ0n) is 18.8. The maximum atomic E-state index is 12.7. The fourth-order valence-electron chi connectivity index (χ4n) is 4.08. The third kappa shape index (κ3) is 7.14. The highest BCUT2D eigenvalue weighted by Crippen LogP contribution is 2.16. The van der Waals surface area contributed by atoms with Crippen LogP contribution < -0.4 is 0 Å². The summed E-state index contributed by atoms with van der Waals surface area (Å²) in [4.78, 5) is 31.3. The summed E-state index contributed by atoms with van der Waals surface area (Å²) in [6.45, 7) is 11.1. The van der Waals surface area contributed by atoms with E-state index in [-0.39, 0.29) is 17.9 Å². The van der Waals surface area contributed by atoms with Gasteiger partial charge in [0.05, 0.1) is 11.6 Å². The molecule has 1 saturated heterocycles. The molecule has 0 N–H and O–H groups in total. The van der Waals surface area contributed by atoms with Gasteiger partial charge in [-0.25, -0.2) is 0 Å². The second kappa shape index (κ2) is 12.3. The van der Waals surface area contributed by atoms with Crippen LogP contribution in [0.4, 0.5) is 0 Å². The molecule has 1 aromatic carbocycles. The van der Waals surface area contributed by atoms with Crippen molar-refractivity contribution in [2.75, 3.05) is 32.7 Å². The maximum Gasteiger partial charge on any atom is 0.222 e. The molecule has 30 heavy (non-hydrogen) atoms. The van der Waals surface area contributed by atoms with Gasteiger partial charge in [0.15, 0.2) is 0 Å². The van der Waals surface area contributed by atoms with Crippen LogP contribution in [-0.4, -0.2) is 65.3 Å². The Morgan fingerprint density at radius 2 is 1.77 bits per heavy atom. The fraction of sp³-hybridized carbons (Fsp3) is 0.625. The average molecular weight is 413 g/mol. The third-order valence-corrected chi connectivity index (χ3v) is 5.64. The summed E-state index contributed by atoms with van der Waals surface area (Å²) in [5, 5.41) is 8.91. The highest BCUT2D eigenvalue weighted by Gasteiger charge is 2.27. The Kier molecular flexibility index (Phi) is 9.82. The highest BCUT2D eigenvalue weighted by atomic mass is 16.2. The molecule has 1 fully saturated rings. The first-order chi connectivity index (χ1) is 14.5. The van der Waals surface area contributed by atoms with Crippen LogP contribution in [0.3, 0.4) is 0 Å². The van der Waals surface area contributed by atoms with Crippen molar-refractivity contribution in [1.82, 2.24) is 14.7 Å². The van der Waals surface area contributed by atoms with Gasteiger partial charge in [0.2, 0.25) is 11.8 Å². The van der Waals surface area contributed by atoms with Crippen LogP contribution in [0.25, 0.3) is 0 Å². The monoisotopic (exact) mass is 412 g/mol. The molecule has 6 heteroatoms. The van der Waals surface area contributed by atoms with Crippen molar-refractivity contribution < 1.29 is 9.59 Å². The first-order valence-corrected chi connectivity index (χ1v) is 11.3. The van der Waals surface area contributed by atoms with Crippen molar-refractivity contribution in [3.63, 3.8) is 0 Å². The molecule has 1 heterocycles. The van der Waals surface area contributed by atoms with Crippen LogP contribution in [0.2, 0.25) is 0 Å². The topological polar surface area (TPSA) is 67.7 Å². The minimum atomic E-state index is 0.158. The Hall–Kier alpha value is -2.39. The van der Waals surface area contributed by atoms with Gasteiger partial charge in [0.25, 0.3) is 0 Å². The normalized spacial score (nSPS) is 16.9. The number of nitriles is 1. The maximum absolute atomic E-state index is 12.7. The van der Waals surface area contributed by atoms with E-state index in [9.17, 15) is 9.59 Å². The number of piperazine rings is 1. The Labute approximate surface area is 181 Å². The van der Waals surface area contributed by atoms with Gasteiger partial charge in [-0.05, 0) is 43.9 Å². The van der Waals surface area contributed by atoms with Crippen LogP contribution in [0.15, 0.2) is 24.3 Å². The smallest absolute Gasteiger partial charge is 0.222 e. The number of hydrogen-bond acceptors (Lipinski definition) is 4. The Balaban J connectivity index is 1.76. The van der Waals surface area contributed by atoms with Gasteiger partial charge in [0.1, 0.15) is 0 Å². The summed E-state index contributed by atoms with van der Waals surface area (Å²) in [7, 11) is 0. The number of carbonyl (C=O) groups is 2. The molecule has 1 aliphatic heterocycles. The van der Waals surface area contributed by atoms with Crippen molar-refractivity contribution in [1.29, 1.82) is 5.26 Å². The molecule has 0 aliphatic carbocycles. The van der Waals surface area contributed by atoms with Crippen LogP contribution in [0.5, 0.6) is 0 Å². The van der Waals surface area contributed by atoms with E-state index in [0.29, 0.717) is 24.8 Å². The van der Waals surface area contributed by atoms with Gasteiger partial charge >= 0.3 is 0 Å². The Morgan fingerprint density at radius 1 is 1.10 bits per heavy atom. The van der Waals surface area contributed by atoms with Gasteiger partial charge in [0, 0.05) is 58.2 Å². The summed E-state index contributed by atoms with van der Waals surface area (Å²) >= 11 is 0. The molecule has 164 valence electrons. The van der Waals surface area contributed by atoms with E-state index in [1.165, 1.54) is 5.56 Å². The van der Waals surface area contributed by atoms with Crippen LogP contribution in [-0.2, 0) is 16.1 Å². The summed E-state index contributed by atoms with van der Waals surface area (Å²) in [5.74, 6) is 0.331. The lowest BCUT2D eigenvalue weighted by molar-refractivity contribution is -0.136. The van der Waals surface area contributed by atoms with E-state index >= 15 is 0 Å². The molecule has 0 spiro atoms. The van der Waals surface area contributed by atoms with Crippen molar-refractivity contribution in [2.45, 2.75) is 65.5 Å². The highest BCUT2D eigenvalue weighted by molar-refractivity contribution is 5.79. The molecule has 1 aromatic rings. The van der Waals surface area contributed by atoms with E-state index in [0.717, 1.165) is 52.1 Å². The number of carbonyl (C=O) groups excluding carboxylic acids is 2. The van der Waals surface area contributed by atoms with Crippen molar-refractivity contribution in [2.24, 2.45) is 0 Å². The molecule has 0 bridgehead atoms. The molecule has 0 unspecified atom stereocenters. The summed E-state index contributed by atoms with van der Waals surface area (Å²) in [6, 6.07) is 10.0. The minimum absolute atomic E-state index is 0.158. The number of hydrogen-bond donors (Lipinski definition) is 0. The van der Waals surface area contributed by atoms with Gasteiger partial charge < -0.3 is 9.80 Å². The molecule has 2 amide bonds. The van der Waals surface area contributed by atoms with Crippen molar-refractivity contribution >= 4 is 11.8 Å². The number of benzene rings is 1. The predicted molar refractivity (Wildman–Crippen MR) is 119 cm³/mol. The lowest BCUT2D eigenvalue weighted by Gasteiger charge is -2.40.